The van der Waals surface area contributed by atoms with Gasteiger partial charge in [0.2, 0.25) is 0 Å². The molecular weight excluding hydrogens is 262 g/mol. The first-order valence-corrected chi connectivity index (χ1v) is 7.91. The van der Waals surface area contributed by atoms with E-state index in [1.165, 1.54) is 11.3 Å². The highest BCUT2D eigenvalue weighted by Gasteiger charge is 2.35. The van der Waals surface area contributed by atoms with Crippen LogP contribution in [-0.2, 0) is 4.74 Å². The quantitative estimate of drug-likeness (QED) is 0.869. The molecule has 1 aromatic carbocycles. The molecule has 1 aromatic rings. The molecule has 1 unspecified atom stereocenters. The highest BCUT2D eigenvalue weighted by Crippen LogP contribution is 2.24. The maximum absolute atomic E-state index is 6.07. The zero-order chi connectivity index (χ0) is 15.3. The molecule has 2 N–H and O–H groups in total. The first-order valence-electron chi connectivity index (χ1n) is 7.91. The van der Waals surface area contributed by atoms with Gasteiger partial charge in [0, 0.05) is 45.5 Å². The minimum atomic E-state index is -0.00650. The van der Waals surface area contributed by atoms with Crippen LogP contribution < -0.4 is 10.6 Å². The third-order valence-corrected chi connectivity index (χ3v) is 4.77. The number of nitrogens with two attached hydrogens (primary N) is 1. The molecular formula is C17H29N3O. The molecule has 1 heterocycles. The molecule has 1 saturated heterocycles. The van der Waals surface area contributed by atoms with Crippen molar-refractivity contribution in [3.63, 3.8) is 0 Å². The topological polar surface area (TPSA) is 41.7 Å². The number of nitrogens with zero attached hydrogens (tertiary/aromatic N) is 2. The Morgan fingerprint density at radius 3 is 2.48 bits per heavy atom. The van der Waals surface area contributed by atoms with Crippen LogP contribution in [0.15, 0.2) is 24.3 Å². The molecule has 0 saturated carbocycles. The Morgan fingerprint density at radius 2 is 1.95 bits per heavy atom. The SMILES string of the molecule is CCC(CN)(COC)N1CCN(c2cccc(C)c2)CC1. The second-order valence-electron chi connectivity index (χ2n) is 6.03. The molecule has 0 aromatic heterocycles. The first kappa shape index (κ1) is 16.3. The molecule has 0 amide bonds. The Morgan fingerprint density at radius 1 is 1.24 bits per heavy atom. The van der Waals surface area contributed by atoms with Gasteiger partial charge in [-0.2, -0.15) is 0 Å². The van der Waals surface area contributed by atoms with E-state index in [1.54, 1.807) is 7.11 Å². The normalized spacial score (nSPS) is 19.5. The predicted molar refractivity (Wildman–Crippen MR) is 88.9 cm³/mol. The lowest BCUT2D eigenvalue weighted by molar-refractivity contribution is 0.00856. The summed E-state index contributed by atoms with van der Waals surface area (Å²) in [5.74, 6) is 0. The summed E-state index contributed by atoms with van der Waals surface area (Å²) in [6.45, 7) is 9.91. The molecule has 21 heavy (non-hydrogen) atoms. The number of rotatable bonds is 6. The highest BCUT2D eigenvalue weighted by atomic mass is 16.5. The van der Waals surface area contributed by atoms with Gasteiger partial charge in [-0.3, -0.25) is 4.90 Å². The number of hydrogen-bond acceptors (Lipinski definition) is 4. The molecule has 4 nitrogen and oxygen atoms in total. The van der Waals surface area contributed by atoms with E-state index in [2.05, 4.69) is 47.9 Å². The van der Waals surface area contributed by atoms with Gasteiger partial charge in [-0.15, -0.1) is 0 Å². The van der Waals surface area contributed by atoms with E-state index in [9.17, 15) is 0 Å². The average Bonchev–Trinajstić information content (AvgIpc) is 2.53. The summed E-state index contributed by atoms with van der Waals surface area (Å²) in [5, 5.41) is 0. The van der Waals surface area contributed by atoms with E-state index in [0.717, 1.165) is 32.6 Å². The highest BCUT2D eigenvalue weighted by molar-refractivity contribution is 5.48. The summed E-state index contributed by atoms with van der Waals surface area (Å²) in [6, 6.07) is 8.75. The number of ether oxygens (including phenoxy) is 1. The van der Waals surface area contributed by atoms with Gasteiger partial charge in [0.15, 0.2) is 0 Å². The second kappa shape index (κ2) is 7.25. The van der Waals surface area contributed by atoms with Crippen LogP contribution in [0, 0.1) is 6.92 Å². The zero-order valence-electron chi connectivity index (χ0n) is 13.6. The van der Waals surface area contributed by atoms with Crippen molar-refractivity contribution in [1.29, 1.82) is 0 Å². The van der Waals surface area contributed by atoms with Crippen LogP contribution in [0.4, 0.5) is 5.69 Å². The summed E-state index contributed by atoms with van der Waals surface area (Å²) >= 11 is 0. The van der Waals surface area contributed by atoms with Crippen molar-refractivity contribution in [3.05, 3.63) is 29.8 Å². The predicted octanol–water partition coefficient (Wildman–Crippen LogP) is 1.87. The Balaban J connectivity index is 2.02. The fourth-order valence-electron chi connectivity index (χ4n) is 3.28. The number of anilines is 1. The van der Waals surface area contributed by atoms with Crippen molar-refractivity contribution in [3.8, 4) is 0 Å². The molecule has 1 aliphatic heterocycles. The van der Waals surface area contributed by atoms with E-state index in [-0.39, 0.29) is 5.54 Å². The summed E-state index contributed by atoms with van der Waals surface area (Å²) in [6.07, 6.45) is 1.03. The minimum Gasteiger partial charge on any atom is -0.383 e. The lowest BCUT2D eigenvalue weighted by Crippen LogP contribution is -2.62. The fourth-order valence-corrected chi connectivity index (χ4v) is 3.28. The smallest absolute Gasteiger partial charge is 0.0658 e. The van der Waals surface area contributed by atoms with Crippen LogP contribution in [0.3, 0.4) is 0 Å². The van der Waals surface area contributed by atoms with Crippen molar-refractivity contribution in [2.45, 2.75) is 25.8 Å². The maximum Gasteiger partial charge on any atom is 0.0658 e. The lowest BCUT2D eigenvalue weighted by Gasteiger charge is -2.47. The molecule has 1 fully saturated rings. The molecule has 4 heteroatoms. The van der Waals surface area contributed by atoms with Gasteiger partial charge in [0.25, 0.3) is 0 Å². The zero-order valence-corrected chi connectivity index (χ0v) is 13.6. The van der Waals surface area contributed by atoms with E-state index in [0.29, 0.717) is 13.2 Å². The van der Waals surface area contributed by atoms with E-state index < -0.39 is 0 Å². The molecule has 1 aliphatic rings. The van der Waals surface area contributed by atoms with Crippen LogP contribution in [-0.4, -0.2) is 56.9 Å². The van der Waals surface area contributed by atoms with Gasteiger partial charge in [0.1, 0.15) is 0 Å². The molecule has 0 aliphatic carbocycles. The molecule has 118 valence electrons. The maximum atomic E-state index is 6.07. The van der Waals surface area contributed by atoms with Crippen LogP contribution in [0.2, 0.25) is 0 Å². The van der Waals surface area contributed by atoms with Gasteiger partial charge in [-0.25, -0.2) is 0 Å². The standard InChI is InChI=1S/C17H29N3O/c1-4-17(13-18,14-21-3)20-10-8-19(9-11-20)16-7-5-6-15(2)12-16/h5-7,12H,4,8-11,13-14,18H2,1-3H3. The third kappa shape index (κ3) is 3.57. The molecule has 0 bridgehead atoms. The second-order valence-corrected chi connectivity index (χ2v) is 6.03. The largest absolute Gasteiger partial charge is 0.383 e. The number of benzene rings is 1. The summed E-state index contributed by atoms with van der Waals surface area (Å²) < 4.78 is 5.43. The number of aryl methyl sites for hydroxylation is 1. The van der Waals surface area contributed by atoms with Gasteiger partial charge in [-0.05, 0) is 31.0 Å². The van der Waals surface area contributed by atoms with Gasteiger partial charge in [0.05, 0.1) is 12.1 Å². The summed E-state index contributed by atoms with van der Waals surface area (Å²) in [7, 11) is 1.77. The van der Waals surface area contributed by atoms with Crippen molar-refractivity contribution < 1.29 is 4.74 Å². The van der Waals surface area contributed by atoms with Gasteiger partial charge < -0.3 is 15.4 Å². The Bertz CT molecular complexity index is 437. The summed E-state index contributed by atoms with van der Waals surface area (Å²) in [4.78, 5) is 4.98. The number of methoxy groups -OCH3 is 1. The van der Waals surface area contributed by atoms with E-state index in [4.69, 9.17) is 10.5 Å². The number of piperazine rings is 1. The molecule has 1 atom stereocenters. The first-order chi connectivity index (χ1) is 10.1. The lowest BCUT2D eigenvalue weighted by atomic mass is 9.93. The van der Waals surface area contributed by atoms with Crippen LogP contribution in [0.1, 0.15) is 18.9 Å². The molecule has 2 rings (SSSR count). The van der Waals surface area contributed by atoms with Crippen molar-refractivity contribution >= 4 is 5.69 Å². The third-order valence-electron chi connectivity index (χ3n) is 4.77. The Labute approximate surface area is 128 Å². The Hall–Kier alpha value is -1.10. The monoisotopic (exact) mass is 291 g/mol. The van der Waals surface area contributed by atoms with Gasteiger partial charge >= 0.3 is 0 Å². The summed E-state index contributed by atoms with van der Waals surface area (Å²) in [5.41, 5.74) is 8.71. The number of hydrogen-bond donors (Lipinski definition) is 1. The van der Waals surface area contributed by atoms with Crippen molar-refractivity contribution in [1.82, 2.24) is 4.90 Å². The van der Waals surface area contributed by atoms with Crippen molar-refractivity contribution in [2.24, 2.45) is 5.73 Å². The van der Waals surface area contributed by atoms with Crippen LogP contribution in [0.25, 0.3) is 0 Å². The minimum absolute atomic E-state index is 0.00650. The van der Waals surface area contributed by atoms with Crippen LogP contribution in [0.5, 0.6) is 0 Å². The Kier molecular flexibility index (Phi) is 5.62. The average molecular weight is 291 g/mol. The van der Waals surface area contributed by atoms with E-state index >= 15 is 0 Å². The fraction of sp³-hybridized carbons (Fsp3) is 0.647. The van der Waals surface area contributed by atoms with Gasteiger partial charge in [-0.1, -0.05) is 19.1 Å². The van der Waals surface area contributed by atoms with Crippen LogP contribution >= 0.6 is 0 Å². The van der Waals surface area contributed by atoms with Crippen molar-refractivity contribution in [2.75, 3.05) is 51.3 Å². The molecule has 0 spiro atoms. The van der Waals surface area contributed by atoms with E-state index in [1.807, 2.05) is 0 Å². The molecule has 0 radical (unpaired) electrons.